The quantitative estimate of drug-likeness (QED) is 0.627. The van der Waals surface area contributed by atoms with Gasteiger partial charge < -0.3 is 9.47 Å². The molecule has 1 heterocycles. The maximum Gasteiger partial charge on any atom is 0.259 e. The largest absolute Gasteiger partial charge is 0.497 e. The number of thiocarbonyl (C=S) groups is 1. The predicted octanol–water partition coefficient (Wildman–Crippen LogP) is 1.90. The molecule has 0 saturated carbocycles. The molecule has 0 aliphatic carbocycles. The molecule has 2 rings (SSSR count). The second-order valence-corrected chi connectivity index (χ2v) is 5.22. The maximum absolute atomic E-state index is 11.5. The lowest BCUT2D eigenvalue weighted by molar-refractivity contribution is -0.123. The highest BCUT2D eigenvalue weighted by molar-refractivity contribution is 8.23. The molecule has 1 saturated heterocycles. The SMILES string of the molecule is COc1ccc(/C=N/N2C(=O)CSC2=S)c(OC)c1. The molecule has 1 aliphatic rings. The van der Waals surface area contributed by atoms with Crippen LogP contribution in [-0.2, 0) is 4.79 Å². The van der Waals surface area contributed by atoms with Crippen molar-refractivity contribution in [2.45, 2.75) is 0 Å². The molecule has 0 radical (unpaired) electrons. The number of hydrogen-bond donors (Lipinski definition) is 0. The molecule has 1 aliphatic heterocycles. The average molecular weight is 296 g/mol. The van der Waals surface area contributed by atoms with Crippen LogP contribution < -0.4 is 9.47 Å². The smallest absolute Gasteiger partial charge is 0.259 e. The lowest BCUT2D eigenvalue weighted by atomic mass is 10.2. The molecular formula is C12H12N2O3S2. The van der Waals surface area contributed by atoms with Crippen molar-refractivity contribution >= 4 is 40.4 Å². The highest BCUT2D eigenvalue weighted by Crippen LogP contribution is 2.24. The molecule has 0 N–H and O–H groups in total. The zero-order chi connectivity index (χ0) is 13.8. The highest BCUT2D eigenvalue weighted by Gasteiger charge is 2.26. The Bertz CT molecular complexity index is 530. The van der Waals surface area contributed by atoms with Gasteiger partial charge in [0.05, 0.1) is 26.2 Å². The third-order valence-corrected chi connectivity index (χ3v) is 3.82. The van der Waals surface area contributed by atoms with E-state index in [9.17, 15) is 4.79 Å². The fourth-order valence-corrected chi connectivity index (χ4v) is 2.47. The summed E-state index contributed by atoms with van der Waals surface area (Å²) in [5.74, 6) is 1.54. The van der Waals surface area contributed by atoms with Crippen molar-refractivity contribution < 1.29 is 14.3 Å². The molecule has 100 valence electrons. The normalized spacial score (nSPS) is 15.4. The molecule has 5 nitrogen and oxygen atoms in total. The molecule has 1 aromatic carbocycles. The minimum atomic E-state index is -0.112. The summed E-state index contributed by atoms with van der Waals surface area (Å²) in [5, 5.41) is 5.32. The molecule has 19 heavy (non-hydrogen) atoms. The summed E-state index contributed by atoms with van der Waals surface area (Å²) < 4.78 is 10.8. The second-order valence-electron chi connectivity index (χ2n) is 3.61. The predicted molar refractivity (Wildman–Crippen MR) is 79.0 cm³/mol. The van der Waals surface area contributed by atoms with Gasteiger partial charge in [-0.3, -0.25) is 4.79 Å². The Labute approximate surface area is 120 Å². The Morgan fingerprint density at radius 1 is 1.42 bits per heavy atom. The van der Waals surface area contributed by atoms with Crippen LogP contribution in [0.1, 0.15) is 5.56 Å². The van der Waals surface area contributed by atoms with Crippen molar-refractivity contribution in [3.05, 3.63) is 23.8 Å². The fraction of sp³-hybridized carbons (Fsp3) is 0.250. The summed E-state index contributed by atoms with van der Waals surface area (Å²) in [6.45, 7) is 0. The van der Waals surface area contributed by atoms with Crippen LogP contribution in [0.2, 0.25) is 0 Å². The number of amides is 1. The monoisotopic (exact) mass is 296 g/mol. The van der Waals surface area contributed by atoms with E-state index >= 15 is 0 Å². The van der Waals surface area contributed by atoms with Crippen LogP contribution in [-0.4, -0.2) is 41.4 Å². The number of methoxy groups -OCH3 is 2. The van der Waals surface area contributed by atoms with Crippen molar-refractivity contribution in [1.82, 2.24) is 5.01 Å². The topological polar surface area (TPSA) is 51.1 Å². The van der Waals surface area contributed by atoms with Gasteiger partial charge in [0, 0.05) is 11.6 Å². The van der Waals surface area contributed by atoms with Gasteiger partial charge in [0.2, 0.25) is 0 Å². The molecule has 0 aromatic heterocycles. The molecule has 0 unspecified atom stereocenters. The van der Waals surface area contributed by atoms with Crippen molar-refractivity contribution in [2.24, 2.45) is 5.10 Å². The number of rotatable bonds is 4. The van der Waals surface area contributed by atoms with Crippen LogP contribution in [0.3, 0.4) is 0 Å². The van der Waals surface area contributed by atoms with Gasteiger partial charge in [-0.15, -0.1) is 0 Å². The Morgan fingerprint density at radius 2 is 2.21 bits per heavy atom. The van der Waals surface area contributed by atoms with Crippen LogP contribution in [0, 0.1) is 0 Å². The Morgan fingerprint density at radius 3 is 2.79 bits per heavy atom. The van der Waals surface area contributed by atoms with E-state index in [1.165, 1.54) is 16.8 Å². The van der Waals surface area contributed by atoms with Gasteiger partial charge in [-0.1, -0.05) is 24.0 Å². The molecule has 1 amide bonds. The van der Waals surface area contributed by atoms with E-state index in [1.54, 1.807) is 38.6 Å². The summed E-state index contributed by atoms with van der Waals surface area (Å²) in [5.41, 5.74) is 0.746. The first-order valence-electron chi connectivity index (χ1n) is 5.41. The molecule has 7 heteroatoms. The summed E-state index contributed by atoms with van der Waals surface area (Å²) >= 11 is 6.34. The van der Waals surface area contributed by atoms with E-state index in [0.717, 1.165) is 5.56 Å². The lowest BCUT2D eigenvalue weighted by Crippen LogP contribution is -2.22. The third kappa shape index (κ3) is 3.05. The number of hydrazone groups is 1. The first-order valence-corrected chi connectivity index (χ1v) is 6.81. The van der Waals surface area contributed by atoms with Crippen LogP contribution >= 0.6 is 24.0 Å². The fourth-order valence-electron chi connectivity index (χ4n) is 1.50. The maximum atomic E-state index is 11.5. The van der Waals surface area contributed by atoms with Gasteiger partial charge >= 0.3 is 0 Å². The number of carbonyl (C=O) groups is 1. The number of ether oxygens (including phenoxy) is 2. The van der Waals surface area contributed by atoms with E-state index in [1.807, 2.05) is 0 Å². The zero-order valence-electron chi connectivity index (χ0n) is 10.5. The molecule has 0 spiro atoms. The van der Waals surface area contributed by atoms with Gasteiger partial charge in [0.1, 0.15) is 11.5 Å². The summed E-state index contributed by atoms with van der Waals surface area (Å²) in [6, 6.07) is 5.35. The van der Waals surface area contributed by atoms with Gasteiger partial charge in [0.25, 0.3) is 5.91 Å². The highest BCUT2D eigenvalue weighted by atomic mass is 32.2. The molecule has 0 atom stereocenters. The minimum absolute atomic E-state index is 0.112. The van der Waals surface area contributed by atoms with E-state index in [-0.39, 0.29) is 5.91 Å². The minimum Gasteiger partial charge on any atom is -0.497 e. The van der Waals surface area contributed by atoms with Crippen molar-refractivity contribution in [3.63, 3.8) is 0 Å². The van der Waals surface area contributed by atoms with Gasteiger partial charge in [-0.2, -0.15) is 10.1 Å². The van der Waals surface area contributed by atoms with Crippen LogP contribution in [0.5, 0.6) is 11.5 Å². The standard InChI is InChI=1S/C12H12N2O3S2/c1-16-9-4-3-8(10(5-9)17-2)6-13-14-11(15)7-19-12(14)18/h3-6H,7H2,1-2H3/b13-6+. The number of hydrogen-bond acceptors (Lipinski definition) is 6. The van der Waals surface area contributed by atoms with Gasteiger partial charge in [-0.25, -0.2) is 0 Å². The Kier molecular flexibility index (Phi) is 4.39. The first-order chi connectivity index (χ1) is 9.15. The van der Waals surface area contributed by atoms with Crippen molar-refractivity contribution in [1.29, 1.82) is 0 Å². The van der Waals surface area contributed by atoms with Gasteiger partial charge in [-0.05, 0) is 12.1 Å². The molecular weight excluding hydrogens is 284 g/mol. The number of benzene rings is 1. The summed E-state index contributed by atoms with van der Waals surface area (Å²) in [7, 11) is 3.15. The Balaban J connectivity index is 2.23. The zero-order valence-corrected chi connectivity index (χ0v) is 12.1. The first kappa shape index (κ1) is 13.8. The van der Waals surface area contributed by atoms with Crippen molar-refractivity contribution in [3.8, 4) is 11.5 Å². The number of carbonyl (C=O) groups excluding carboxylic acids is 1. The van der Waals surface area contributed by atoms with Crippen LogP contribution in [0.25, 0.3) is 0 Å². The average Bonchev–Trinajstić information content (AvgIpc) is 2.75. The third-order valence-electron chi connectivity index (χ3n) is 2.48. The summed E-state index contributed by atoms with van der Waals surface area (Å²) in [4.78, 5) is 11.5. The second kappa shape index (κ2) is 6.03. The molecule has 0 bridgehead atoms. The lowest BCUT2D eigenvalue weighted by Gasteiger charge is -2.09. The van der Waals surface area contributed by atoms with Gasteiger partial charge in [0.15, 0.2) is 4.32 Å². The summed E-state index contributed by atoms with van der Waals surface area (Å²) in [6.07, 6.45) is 1.55. The number of thioether (sulfide) groups is 1. The van der Waals surface area contributed by atoms with E-state index in [0.29, 0.717) is 21.6 Å². The van der Waals surface area contributed by atoms with E-state index in [2.05, 4.69) is 5.10 Å². The van der Waals surface area contributed by atoms with E-state index < -0.39 is 0 Å². The Hall–Kier alpha value is -1.60. The molecule has 1 fully saturated rings. The molecule has 1 aromatic rings. The van der Waals surface area contributed by atoms with Crippen LogP contribution in [0.4, 0.5) is 0 Å². The van der Waals surface area contributed by atoms with Crippen LogP contribution in [0.15, 0.2) is 23.3 Å². The van der Waals surface area contributed by atoms with Crippen molar-refractivity contribution in [2.75, 3.05) is 20.0 Å². The van der Waals surface area contributed by atoms with E-state index in [4.69, 9.17) is 21.7 Å². The number of nitrogens with zero attached hydrogens (tertiary/aromatic N) is 2.